The first-order chi connectivity index (χ1) is 10.1. The number of H-pyrrole nitrogens is 1. The van der Waals surface area contributed by atoms with Crippen LogP contribution in [0.15, 0.2) is 18.2 Å². The minimum atomic E-state index is -0.0274. The highest BCUT2D eigenvalue weighted by molar-refractivity contribution is 6.32. The number of aromatic amines is 1. The second-order valence-corrected chi connectivity index (χ2v) is 6.04. The lowest BCUT2D eigenvalue weighted by Crippen LogP contribution is -2.33. The lowest BCUT2D eigenvalue weighted by atomic mass is 10.1. The van der Waals surface area contributed by atoms with Crippen LogP contribution in [0.4, 0.5) is 0 Å². The molecular formula is C16H20ClNO3. The summed E-state index contributed by atoms with van der Waals surface area (Å²) in [5.74, 6) is 1.13. The van der Waals surface area contributed by atoms with E-state index in [1.807, 2.05) is 12.1 Å². The number of hydrogen-bond acceptors (Lipinski definition) is 3. The molecule has 2 heterocycles. The molecule has 1 aromatic heterocycles. The molecule has 1 N–H and O–H groups in total. The van der Waals surface area contributed by atoms with Crippen LogP contribution in [0.3, 0.4) is 0 Å². The zero-order valence-electron chi connectivity index (χ0n) is 12.3. The molecule has 1 aromatic carbocycles. The number of hydrogen-bond donors (Lipinski definition) is 1. The summed E-state index contributed by atoms with van der Waals surface area (Å²) in [4.78, 5) is 3.41. The van der Waals surface area contributed by atoms with Gasteiger partial charge in [-0.15, -0.1) is 0 Å². The summed E-state index contributed by atoms with van der Waals surface area (Å²) in [6, 6.07) is 6.02. The molecule has 1 fully saturated rings. The lowest BCUT2D eigenvalue weighted by Gasteiger charge is -2.23. The van der Waals surface area contributed by atoms with E-state index in [-0.39, 0.29) is 6.10 Å². The normalized spacial score (nSPS) is 19.3. The molecule has 114 valence electrons. The fourth-order valence-electron chi connectivity index (χ4n) is 2.39. The SMILES string of the molecule is CC(C)c1cc2cc(Cl)c(OCC3COCCO3)cc2[nH]1. The highest BCUT2D eigenvalue weighted by atomic mass is 35.5. The van der Waals surface area contributed by atoms with E-state index in [0.717, 1.165) is 10.9 Å². The topological polar surface area (TPSA) is 43.5 Å². The molecule has 21 heavy (non-hydrogen) atoms. The van der Waals surface area contributed by atoms with Gasteiger partial charge in [0.25, 0.3) is 0 Å². The lowest BCUT2D eigenvalue weighted by molar-refractivity contribution is -0.101. The molecule has 3 rings (SSSR count). The molecule has 0 bridgehead atoms. The molecule has 0 aliphatic carbocycles. The molecule has 0 spiro atoms. The van der Waals surface area contributed by atoms with Gasteiger partial charge in [-0.05, 0) is 18.1 Å². The second kappa shape index (κ2) is 6.26. The first-order valence-corrected chi connectivity index (χ1v) is 7.65. The van der Waals surface area contributed by atoms with Crippen LogP contribution in [-0.2, 0) is 9.47 Å². The maximum Gasteiger partial charge on any atom is 0.140 e. The van der Waals surface area contributed by atoms with Crippen molar-refractivity contribution in [2.75, 3.05) is 26.4 Å². The first kappa shape index (κ1) is 14.7. The van der Waals surface area contributed by atoms with Crippen molar-refractivity contribution in [3.05, 3.63) is 28.9 Å². The summed E-state index contributed by atoms with van der Waals surface area (Å²) < 4.78 is 16.7. The predicted octanol–water partition coefficient (Wildman–Crippen LogP) is 3.74. The molecule has 2 aromatic rings. The van der Waals surface area contributed by atoms with Crippen LogP contribution in [0, 0.1) is 0 Å². The largest absolute Gasteiger partial charge is 0.489 e. The van der Waals surface area contributed by atoms with Gasteiger partial charge in [-0.25, -0.2) is 0 Å². The number of ether oxygens (including phenoxy) is 3. The number of benzene rings is 1. The fraction of sp³-hybridized carbons (Fsp3) is 0.500. The van der Waals surface area contributed by atoms with Gasteiger partial charge in [-0.2, -0.15) is 0 Å². The van der Waals surface area contributed by atoms with Crippen molar-refractivity contribution in [3.63, 3.8) is 0 Å². The Morgan fingerprint density at radius 3 is 2.90 bits per heavy atom. The molecule has 1 unspecified atom stereocenters. The zero-order chi connectivity index (χ0) is 14.8. The van der Waals surface area contributed by atoms with Crippen LogP contribution in [0.1, 0.15) is 25.5 Å². The highest BCUT2D eigenvalue weighted by Gasteiger charge is 2.16. The van der Waals surface area contributed by atoms with Crippen LogP contribution in [0.5, 0.6) is 5.75 Å². The van der Waals surface area contributed by atoms with Gasteiger partial charge in [0.2, 0.25) is 0 Å². The van der Waals surface area contributed by atoms with E-state index in [1.54, 1.807) is 0 Å². The van der Waals surface area contributed by atoms with Crippen molar-refractivity contribution in [1.82, 2.24) is 4.98 Å². The smallest absolute Gasteiger partial charge is 0.140 e. The van der Waals surface area contributed by atoms with E-state index in [2.05, 4.69) is 24.9 Å². The molecule has 1 atom stereocenters. The summed E-state index contributed by atoms with van der Waals surface area (Å²) in [5.41, 5.74) is 2.24. The van der Waals surface area contributed by atoms with Crippen LogP contribution < -0.4 is 4.74 Å². The fourth-order valence-corrected chi connectivity index (χ4v) is 2.62. The third-order valence-corrected chi connectivity index (χ3v) is 3.92. The van der Waals surface area contributed by atoms with Gasteiger partial charge < -0.3 is 19.2 Å². The quantitative estimate of drug-likeness (QED) is 0.935. The average Bonchev–Trinajstić information content (AvgIpc) is 2.89. The Morgan fingerprint density at radius 1 is 1.33 bits per heavy atom. The standard InChI is InChI=1S/C16H20ClNO3/c1-10(2)14-6-11-5-13(17)16(7-15(11)18-14)21-9-12-8-19-3-4-20-12/h5-7,10,12,18H,3-4,8-9H2,1-2H3. The Bertz CT molecular complexity index is 617. The van der Waals surface area contributed by atoms with Crippen LogP contribution in [0.2, 0.25) is 5.02 Å². The molecule has 4 nitrogen and oxygen atoms in total. The summed E-state index contributed by atoms with van der Waals surface area (Å²) in [6.45, 7) is 6.61. The maximum absolute atomic E-state index is 6.30. The van der Waals surface area contributed by atoms with E-state index in [9.17, 15) is 0 Å². The van der Waals surface area contributed by atoms with Crippen molar-refractivity contribution >= 4 is 22.5 Å². The van der Waals surface area contributed by atoms with Crippen molar-refractivity contribution < 1.29 is 14.2 Å². The van der Waals surface area contributed by atoms with Crippen LogP contribution in [0.25, 0.3) is 10.9 Å². The zero-order valence-corrected chi connectivity index (χ0v) is 13.1. The third kappa shape index (κ3) is 3.34. The van der Waals surface area contributed by atoms with E-state index in [0.29, 0.717) is 43.1 Å². The summed E-state index contributed by atoms with van der Waals surface area (Å²) >= 11 is 6.30. The van der Waals surface area contributed by atoms with Gasteiger partial charge in [0.15, 0.2) is 0 Å². The van der Waals surface area contributed by atoms with Gasteiger partial charge >= 0.3 is 0 Å². The maximum atomic E-state index is 6.30. The Balaban J connectivity index is 1.76. The van der Waals surface area contributed by atoms with Crippen molar-refractivity contribution in [1.29, 1.82) is 0 Å². The number of halogens is 1. The molecular weight excluding hydrogens is 290 g/mol. The molecule has 1 aliphatic heterocycles. The summed E-state index contributed by atoms with van der Waals surface area (Å²) in [6.07, 6.45) is -0.0274. The van der Waals surface area contributed by atoms with Gasteiger partial charge in [0, 0.05) is 22.7 Å². The van der Waals surface area contributed by atoms with E-state index < -0.39 is 0 Å². The van der Waals surface area contributed by atoms with Gasteiger partial charge in [-0.1, -0.05) is 25.4 Å². The summed E-state index contributed by atoms with van der Waals surface area (Å²) in [7, 11) is 0. The second-order valence-electron chi connectivity index (χ2n) is 5.63. The van der Waals surface area contributed by atoms with E-state index in [4.69, 9.17) is 25.8 Å². The Hall–Kier alpha value is -1.23. The molecule has 1 aliphatic rings. The third-order valence-electron chi connectivity index (χ3n) is 3.63. The minimum Gasteiger partial charge on any atom is -0.489 e. The van der Waals surface area contributed by atoms with E-state index in [1.165, 1.54) is 5.69 Å². The van der Waals surface area contributed by atoms with E-state index >= 15 is 0 Å². The van der Waals surface area contributed by atoms with Crippen LogP contribution in [-0.4, -0.2) is 37.5 Å². The molecule has 0 saturated carbocycles. The highest BCUT2D eigenvalue weighted by Crippen LogP contribution is 2.32. The van der Waals surface area contributed by atoms with Gasteiger partial charge in [0.1, 0.15) is 18.5 Å². The first-order valence-electron chi connectivity index (χ1n) is 7.28. The molecule has 0 amide bonds. The van der Waals surface area contributed by atoms with Crippen LogP contribution >= 0.6 is 11.6 Å². The average molecular weight is 310 g/mol. The van der Waals surface area contributed by atoms with Crippen molar-refractivity contribution in [2.45, 2.75) is 25.9 Å². The summed E-state index contributed by atoms with van der Waals surface area (Å²) in [5, 5.41) is 1.72. The molecule has 5 heteroatoms. The molecule has 0 radical (unpaired) electrons. The Labute approximate surface area is 129 Å². The minimum absolute atomic E-state index is 0.0274. The number of rotatable bonds is 4. The predicted molar refractivity (Wildman–Crippen MR) is 83.5 cm³/mol. The molecule has 1 saturated heterocycles. The van der Waals surface area contributed by atoms with Gasteiger partial charge in [-0.3, -0.25) is 0 Å². The monoisotopic (exact) mass is 309 g/mol. The van der Waals surface area contributed by atoms with Gasteiger partial charge in [0.05, 0.1) is 24.8 Å². The van der Waals surface area contributed by atoms with Crippen molar-refractivity contribution in [2.24, 2.45) is 0 Å². The van der Waals surface area contributed by atoms with Crippen molar-refractivity contribution in [3.8, 4) is 5.75 Å². The Morgan fingerprint density at radius 2 is 2.19 bits per heavy atom. The number of nitrogens with one attached hydrogen (secondary N) is 1. The number of aromatic nitrogens is 1. The Kier molecular flexibility index (Phi) is 4.38. The number of fused-ring (bicyclic) bond motifs is 1.